The third-order valence-corrected chi connectivity index (χ3v) is 5.44. The molecule has 2 aliphatic rings. The van der Waals surface area contributed by atoms with Gasteiger partial charge < -0.3 is 4.74 Å². The van der Waals surface area contributed by atoms with Gasteiger partial charge in [-0.15, -0.1) is 0 Å². The summed E-state index contributed by atoms with van der Waals surface area (Å²) in [6.45, 7) is 5.70. The third-order valence-electron chi connectivity index (χ3n) is 4.02. The van der Waals surface area contributed by atoms with Gasteiger partial charge in [0.2, 0.25) is 0 Å². The van der Waals surface area contributed by atoms with Crippen LogP contribution in [0.3, 0.4) is 0 Å². The van der Waals surface area contributed by atoms with Crippen LogP contribution in [-0.4, -0.2) is 51.8 Å². The molecule has 21 heavy (non-hydrogen) atoms. The Labute approximate surface area is 126 Å². The van der Waals surface area contributed by atoms with Crippen LogP contribution in [0.1, 0.15) is 18.4 Å². The van der Waals surface area contributed by atoms with Gasteiger partial charge in [-0.25, -0.2) is 0 Å². The lowest BCUT2D eigenvalue weighted by molar-refractivity contribution is 0.0153. The normalized spacial score (nSPS) is 22.1. The van der Waals surface area contributed by atoms with Crippen LogP contribution in [0.2, 0.25) is 0 Å². The molecule has 1 heterocycles. The summed E-state index contributed by atoms with van der Waals surface area (Å²) in [4.78, 5) is 2.46. The molecule has 1 aromatic rings. The molecular weight excluding hydrogens is 290 g/mol. The molecule has 116 valence electrons. The van der Waals surface area contributed by atoms with E-state index in [-0.39, 0.29) is 4.90 Å². The van der Waals surface area contributed by atoms with Gasteiger partial charge in [0.1, 0.15) is 5.60 Å². The zero-order chi connectivity index (χ0) is 14.9. The minimum Gasteiger partial charge on any atom is -0.379 e. The molecule has 0 N–H and O–H groups in total. The van der Waals surface area contributed by atoms with Gasteiger partial charge in [-0.3, -0.25) is 9.08 Å². The van der Waals surface area contributed by atoms with Gasteiger partial charge in [0, 0.05) is 19.6 Å². The van der Waals surface area contributed by atoms with Crippen molar-refractivity contribution in [1.29, 1.82) is 0 Å². The second kappa shape index (κ2) is 5.68. The topological polar surface area (TPSA) is 55.8 Å². The summed E-state index contributed by atoms with van der Waals surface area (Å²) >= 11 is 0. The highest BCUT2D eigenvalue weighted by molar-refractivity contribution is 7.86. The van der Waals surface area contributed by atoms with E-state index < -0.39 is 15.7 Å². The zero-order valence-electron chi connectivity index (χ0n) is 12.2. The van der Waals surface area contributed by atoms with Crippen molar-refractivity contribution in [3.63, 3.8) is 0 Å². The first-order valence-corrected chi connectivity index (χ1v) is 8.72. The molecule has 1 aliphatic carbocycles. The lowest BCUT2D eigenvalue weighted by Crippen LogP contribution is -2.43. The van der Waals surface area contributed by atoms with Crippen molar-refractivity contribution in [2.24, 2.45) is 0 Å². The molecule has 0 unspecified atom stereocenters. The van der Waals surface area contributed by atoms with Crippen LogP contribution in [0.25, 0.3) is 0 Å². The van der Waals surface area contributed by atoms with Crippen LogP contribution >= 0.6 is 0 Å². The number of aryl methyl sites for hydroxylation is 1. The van der Waals surface area contributed by atoms with Gasteiger partial charge in [-0.1, -0.05) is 17.7 Å². The van der Waals surface area contributed by atoms with E-state index in [0.717, 1.165) is 31.5 Å². The Kier molecular flexibility index (Phi) is 4.05. The molecule has 0 atom stereocenters. The van der Waals surface area contributed by atoms with E-state index in [2.05, 4.69) is 4.90 Å². The van der Waals surface area contributed by atoms with Crippen molar-refractivity contribution in [3.8, 4) is 0 Å². The third kappa shape index (κ3) is 3.63. The molecular formula is C15H21NO4S. The summed E-state index contributed by atoms with van der Waals surface area (Å²) in [6, 6.07) is 6.79. The van der Waals surface area contributed by atoms with Gasteiger partial charge in [0.15, 0.2) is 0 Å². The maximum absolute atomic E-state index is 12.4. The van der Waals surface area contributed by atoms with E-state index in [1.807, 2.05) is 6.92 Å². The molecule has 0 bridgehead atoms. The first kappa shape index (κ1) is 15.0. The second-order valence-corrected chi connectivity index (χ2v) is 7.47. The summed E-state index contributed by atoms with van der Waals surface area (Å²) in [5.41, 5.74) is 0.504. The largest absolute Gasteiger partial charge is 0.379 e. The maximum atomic E-state index is 12.4. The number of hydrogen-bond acceptors (Lipinski definition) is 5. The molecule has 0 spiro atoms. The van der Waals surface area contributed by atoms with Gasteiger partial charge in [0.05, 0.1) is 18.1 Å². The highest BCUT2D eigenvalue weighted by Gasteiger charge is 2.49. The molecule has 0 amide bonds. The molecule has 0 aromatic heterocycles. The predicted octanol–water partition coefficient (Wildman–Crippen LogP) is 1.57. The predicted molar refractivity (Wildman–Crippen MR) is 78.7 cm³/mol. The first-order valence-electron chi connectivity index (χ1n) is 7.32. The highest BCUT2D eigenvalue weighted by Crippen LogP contribution is 2.42. The summed E-state index contributed by atoms with van der Waals surface area (Å²) < 4.78 is 35.6. The van der Waals surface area contributed by atoms with E-state index >= 15 is 0 Å². The van der Waals surface area contributed by atoms with Crippen LogP contribution in [-0.2, 0) is 19.0 Å². The molecule has 3 rings (SSSR count). The SMILES string of the molecule is Cc1ccc(S(=O)(=O)OC2(CN3CCOCC3)CC2)cc1. The Morgan fingerprint density at radius 1 is 1.19 bits per heavy atom. The number of rotatable bonds is 5. The average Bonchev–Trinajstić information content (AvgIpc) is 3.18. The summed E-state index contributed by atoms with van der Waals surface area (Å²) in [5.74, 6) is 0. The van der Waals surface area contributed by atoms with Crippen LogP contribution in [0.5, 0.6) is 0 Å². The molecule has 1 aromatic carbocycles. The Morgan fingerprint density at radius 3 is 2.38 bits per heavy atom. The van der Waals surface area contributed by atoms with Gasteiger partial charge in [0.25, 0.3) is 10.1 Å². The Hall–Kier alpha value is -0.950. The van der Waals surface area contributed by atoms with Crippen molar-refractivity contribution in [2.45, 2.75) is 30.3 Å². The molecule has 5 nitrogen and oxygen atoms in total. The smallest absolute Gasteiger partial charge is 0.297 e. The van der Waals surface area contributed by atoms with Crippen molar-refractivity contribution in [1.82, 2.24) is 4.90 Å². The minimum atomic E-state index is -3.68. The lowest BCUT2D eigenvalue weighted by atomic mass is 10.2. The van der Waals surface area contributed by atoms with Crippen molar-refractivity contribution in [3.05, 3.63) is 29.8 Å². The number of morpholine rings is 1. The summed E-state index contributed by atoms with van der Waals surface area (Å²) in [5, 5.41) is 0. The van der Waals surface area contributed by atoms with Crippen molar-refractivity contribution in [2.75, 3.05) is 32.8 Å². The quantitative estimate of drug-likeness (QED) is 0.773. The number of ether oxygens (including phenoxy) is 1. The molecule has 0 radical (unpaired) electrons. The van der Waals surface area contributed by atoms with E-state index in [1.165, 1.54) is 0 Å². The zero-order valence-corrected chi connectivity index (χ0v) is 13.1. The lowest BCUT2D eigenvalue weighted by Gasteiger charge is -2.30. The maximum Gasteiger partial charge on any atom is 0.297 e. The van der Waals surface area contributed by atoms with Gasteiger partial charge >= 0.3 is 0 Å². The van der Waals surface area contributed by atoms with Crippen LogP contribution in [0, 0.1) is 6.92 Å². The Bertz CT molecular complexity index is 587. The Morgan fingerprint density at radius 2 is 1.81 bits per heavy atom. The van der Waals surface area contributed by atoms with Crippen LogP contribution < -0.4 is 0 Å². The molecule has 1 saturated carbocycles. The highest BCUT2D eigenvalue weighted by atomic mass is 32.2. The fourth-order valence-electron chi connectivity index (χ4n) is 2.56. The molecule has 2 fully saturated rings. The van der Waals surface area contributed by atoms with E-state index in [0.29, 0.717) is 19.8 Å². The average molecular weight is 311 g/mol. The van der Waals surface area contributed by atoms with Crippen LogP contribution in [0.15, 0.2) is 29.2 Å². The summed E-state index contributed by atoms with van der Waals surface area (Å²) in [7, 11) is -3.68. The second-order valence-electron chi connectivity index (χ2n) is 5.92. The number of benzene rings is 1. The number of nitrogens with zero attached hydrogens (tertiary/aromatic N) is 1. The van der Waals surface area contributed by atoms with Crippen molar-refractivity contribution < 1.29 is 17.3 Å². The monoisotopic (exact) mass is 311 g/mol. The molecule has 6 heteroatoms. The first-order chi connectivity index (χ1) is 9.99. The van der Waals surface area contributed by atoms with Crippen LogP contribution in [0.4, 0.5) is 0 Å². The standard InChI is InChI=1S/C15H21NO4S/c1-13-2-4-14(5-3-13)21(17,18)20-15(6-7-15)12-16-8-10-19-11-9-16/h2-5H,6-12H2,1H3. The van der Waals surface area contributed by atoms with E-state index in [1.54, 1.807) is 24.3 Å². The van der Waals surface area contributed by atoms with E-state index in [9.17, 15) is 8.42 Å². The Balaban J connectivity index is 1.68. The van der Waals surface area contributed by atoms with E-state index in [4.69, 9.17) is 8.92 Å². The minimum absolute atomic E-state index is 0.237. The molecule has 1 aliphatic heterocycles. The fourth-order valence-corrected chi connectivity index (χ4v) is 3.81. The summed E-state index contributed by atoms with van der Waals surface area (Å²) in [6.07, 6.45) is 1.60. The fraction of sp³-hybridized carbons (Fsp3) is 0.600. The molecule has 1 saturated heterocycles. The van der Waals surface area contributed by atoms with Crippen molar-refractivity contribution >= 4 is 10.1 Å². The van der Waals surface area contributed by atoms with Gasteiger partial charge in [-0.05, 0) is 31.9 Å². The number of hydrogen-bond donors (Lipinski definition) is 0. The van der Waals surface area contributed by atoms with Gasteiger partial charge in [-0.2, -0.15) is 8.42 Å².